The highest BCUT2D eigenvalue weighted by atomic mass is 35.5. The van der Waals surface area contributed by atoms with Crippen molar-refractivity contribution in [2.75, 3.05) is 46.3 Å². The van der Waals surface area contributed by atoms with E-state index in [9.17, 15) is 4.79 Å². The van der Waals surface area contributed by atoms with Crippen LogP contribution in [0.25, 0.3) is 0 Å². The zero-order valence-corrected chi connectivity index (χ0v) is 17.2. The lowest BCUT2D eigenvalue weighted by Gasteiger charge is -2.34. The third-order valence-electron chi connectivity index (χ3n) is 5.83. The van der Waals surface area contributed by atoms with Crippen LogP contribution in [0.2, 0.25) is 0 Å². The molecule has 0 bridgehead atoms. The quantitative estimate of drug-likeness (QED) is 0.691. The third kappa shape index (κ3) is 7.59. The number of nitrogens with one attached hydrogen (secondary N) is 2. The van der Waals surface area contributed by atoms with Crippen LogP contribution in [-0.2, 0) is 4.79 Å². The van der Waals surface area contributed by atoms with Gasteiger partial charge in [0.15, 0.2) is 0 Å². The van der Waals surface area contributed by atoms with Gasteiger partial charge in [0.05, 0.1) is 6.54 Å². The van der Waals surface area contributed by atoms with Gasteiger partial charge >= 0.3 is 0 Å². The predicted molar refractivity (Wildman–Crippen MR) is 108 cm³/mol. The lowest BCUT2D eigenvalue weighted by molar-refractivity contribution is -0.123. The Balaban J connectivity index is 0.00000156. The van der Waals surface area contributed by atoms with E-state index in [1.807, 2.05) is 7.05 Å². The Hall–Kier alpha value is -0.0700. The third-order valence-corrected chi connectivity index (χ3v) is 5.83. The first-order valence-corrected chi connectivity index (χ1v) is 9.65. The summed E-state index contributed by atoms with van der Waals surface area (Å²) in [5, 5.41) is 6.51. The average Bonchev–Trinajstić information content (AvgIpc) is 3.40. The zero-order valence-electron chi connectivity index (χ0n) is 15.5. The molecule has 2 N–H and O–H groups in total. The first kappa shape index (κ1) is 23.0. The summed E-state index contributed by atoms with van der Waals surface area (Å²) in [6, 6.07) is 1.28. The maximum absolute atomic E-state index is 12.3. The first-order chi connectivity index (χ1) is 11.2. The van der Waals surface area contributed by atoms with Gasteiger partial charge in [0.1, 0.15) is 0 Å². The number of halogens is 2. The number of rotatable bonds is 7. The van der Waals surface area contributed by atoms with E-state index in [0.29, 0.717) is 12.6 Å². The van der Waals surface area contributed by atoms with Gasteiger partial charge in [-0.15, -0.1) is 24.8 Å². The van der Waals surface area contributed by atoms with Gasteiger partial charge < -0.3 is 15.5 Å². The molecule has 0 aromatic heterocycles. The molecule has 0 spiro atoms. The number of hydrogen-bond donors (Lipinski definition) is 2. The molecule has 2 saturated heterocycles. The van der Waals surface area contributed by atoms with Gasteiger partial charge in [-0.3, -0.25) is 9.69 Å². The van der Waals surface area contributed by atoms with Crippen LogP contribution < -0.4 is 10.6 Å². The molecule has 1 aliphatic carbocycles. The van der Waals surface area contributed by atoms with E-state index in [2.05, 4.69) is 20.4 Å². The van der Waals surface area contributed by atoms with Crippen molar-refractivity contribution in [1.82, 2.24) is 20.4 Å². The molecule has 0 aromatic carbocycles. The van der Waals surface area contributed by atoms with Crippen molar-refractivity contribution in [3.63, 3.8) is 0 Å². The fourth-order valence-electron chi connectivity index (χ4n) is 4.11. The highest BCUT2D eigenvalue weighted by Gasteiger charge is 2.32. The van der Waals surface area contributed by atoms with E-state index in [0.717, 1.165) is 44.4 Å². The minimum Gasteiger partial charge on any atom is -0.352 e. The minimum absolute atomic E-state index is 0. The predicted octanol–water partition coefficient (Wildman–Crippen LogP) is 1.89. The van der Waals surface area contributed by atoms with Crippen LogP contribution in [0.4, 0.5) is 0 Å². The number of hydrogen-bond acceptors (Lipinski definition) is 4. The van der Waals surface area contributed by atoms with Crippen molar-refractivity contribution in [3.8, 4) is 0 Å². The van der Waals surface area contributed by atoms with Gasteiger partial charge in [0.2, 0.25) is 5.91 Å². The number of nitrogens with zero attached hydrogens (tertiary/aromatic N) is 2. The van der Waals surface area contributed by atoms with E-state index in [-0.39, 0.29) is 30.7 Å². The first-order valence-electron chi connectivity index (χ1n) is 9.65. The maximum Gasteiger partial charge on any atom is 0.234 e. The van der Waals surface area contributed by atoms with Crippen LogP contribution >= 0.6 is 24.8 Å². The summed E-state index contributed by atoms with van der Waals surface area (Å²) in [5.74, 6) is 1.08. The molecule has 0 radical (unpaired) electrons. The summed E-state index contributed by atoms with van der Waals surface area (Å²) in [7, 11) is 2.02. The number of likely N-dealkylation sites (tertiary alicyclic amines) is 2. The van der Waals surface area contributed by atoms with E-state index in [4.69, 9.17) is 0 Å². The van der Waals surface area contributed by atoms with Crippen molar-refractivity contribution < 1.29 is 4.79 Å². The Morgan fingerprint density at radius 3 is 2.16 bits per heavy atom. The summed E-state index contributed by atoms with van der Waals surface area (Å²) in [6.45, 7) is 6.23. The monoisotopic (exact) mass is 394 g/mol. The topological polar surface area (TPSA) is 47.6 Å². The molecule has 2 aliphatic heterocycles. The molecule has 3 rings (SSSR count). The second kappa shape index (κ2) is 11.6. The maximum atomic E-state index is 12.3. The summed E-state index contributed by atoms with van der Waals surface area (Å²) in [6.07, 6.45) is 8.81. The lowest BCUT2D eigenvalue weighted by Crippen LogP contribution is -2.48. The van der Waals surface area contributed by atoms with Gasteiger partial charge in [0.25, 0.3) is 0 Å². The SMILES string of the molecule is CNCCC1CCN(CC(=O)NC2CCN(C3CC3)CC2)CC1.Cl.Cl. The summed E-state index contributed by atoms with van der Waals surface area (Å²) in [5.41, 5.74) is 0. The number of carbonyl (C=O) groups is 1. The van der Waals surface area contributed by atoms with Crippen molar-refractivity contribution in [3.05, 3.63) is 0 Å². The van der Waals surface area contributed by atoms with E-state index in [1.54, 1.807) is 0 Å². The summed E-state index contributed by atoms with van der Waals surface area (Å²) in [4.78, 5) is 17.2. The van der Waals surface area contributed by atoms with Crippen molar-refractivity contribution >= 4 is 30.7 Å². The molecule has 5 nitrogen and oxygen atoms in total. The highest BCUT2D eigenvalue weighted by molar-refractivity contribution is 5.85. The molecule has 0 unspecified atom stereocenters. The fourth-order valence-corrected chi connectivity index (χ4v) is 4.11. The van der Waals surface area contributed by atoms with Crippen LogP contribution in [-0.4, -0.2) is 74.1 Å². The Bertz CT molecular complexity index is 379. The molecule has 2 heterocycles. The molecular formula is C18H36Cl2N4O. The summed E-state index contributed by atoms with van der Waals surface area (Å²) >= 11 is 0. The average molecular weight is 395 g/mol. The Kier molecular flexibility index (Phi) is 10.7. The second-order valence-corrected chi connectivity index (χ2v) is 7.72. The zero-order chi connectivity index (χ0) is 16.1. The molecule has 25 heavy (non-hydrogen) atoms. The molecular weight excluding hydrogens is 359 g/mol. The van der Waals surface area contributed by atoms with Crippen molar-refractivity contribution in [2.24, 2.45) is 5.92 Å². The largest absolute Gasteiger partial charge is 0.352 e. The van der Waals surface area contributed by atoms with Gasteiger partial charge in [-0.05, 0) is 77.5 Å². The molecule has 7 heteroatoms. The standard InChI is InChI=1S/C18H34N4O.2ClH/c1-19-9-4-15-5-10-21(11-6-15)14-18(23)20-16-7-12-22(13-8-16)17-2-3-17;;/h15-17,19H,2-14H2,1H3,(H,20,23);2*1H. The molecule has 0 atom stereocenters. The Labute approximate surface area is 165 Å². The minimum atomic E-state index is 0. The Morgan fingerprint density at radius 1 is 0.960 bits per heavy atom. The Morgan fingerprint density at radius 2 is 1.60 bits per heavy atom. The number of carbonyl (C=O) groups excluding carboxylic acids is 1. The van der Waals surface area contributed by atoms with E-state index in [1.165, 1.54) is 45.2 Å². The molecule has 3 aliphatic rings. The van der Waals surface area contributed by atoms with E-state index >= 15 is 0 Å². The van der Waals surface area contributed by atoms with Gasteiger partial charge in [-0.2, -0.15) is 0 Å². The van der Waals surface area contributed by atoms with Crippen LogP contribution in [0.5, 0.6) is 0 Å². The highest BCUT2D eigenvalue weighted by Crippen LogP contribution is 2.29. The number of piperidine rings is 2. The molecule has 0 aromatic rings. The van der Waals surface area contributed by atoms with E-state index < -0.39 is 0 Å². The van der Waals surface area contributed by atoms with Gasteiger partial charge in [-0.1, -0.05) is 0 Å². The molecule has 3 fully saturated rings. The van der Waals surface area contributed by atoms with Crippen LogP contribution in [0.3, 0.4) is 0 Å². The van der Waals surface area contributed by atoms with Gasteiger partial charge in [0, 0.05) is 25.2 Å². The van der Waals surface area contributed by atoms with Crippen molar-refractivity contribution in [1.29, 1.82) is 0 Å². The van der Waals surface area contributed by atoms with Crippen LogP contribution in [0, 0.1) is 5.92 Å². The second-order valence-electron chi connectivity index (χ2n) is 7.72. The van der Waals surface area contributed by atoms with Gasteiger partial charge in [-0.25, -0.2) is 0 Å². The van der Waals surface area contributed by atoms with Crippen LogP contribution in [0.15, 0.2) is 0 Å². The fraction of sp³-hybridized carbons (Fsp3) is 0.944. The van der Waals surface area contributed by atoms with Crippen molar-refractivity contribution in [2.45, 2.75) is 57.0 Å². The molecule has 1 amide bonds. The number of amides is 1. The summed E-state index contributed by atoms with van der Waals surface area (Å²) < 4.78 is 0. The molecule has 148 valence electrons. The normalized spacial score (nSPS) is 23.6. The lowest BCUT2D eigenvalue weighted by atomic mass is 9.93. The smallest absolute Gasteiger partial charge is 0.234 e. The van der Waals surface area contributed by atoms with Crippen LogP contribution in [0.1, 0.15) is 44.9 Å². The molecule has 1 saturated carbocycles.